The first kappa shape index (κ1) is 9.46. The van der Waals surface area contributed by atoms with Gasteiger partial charge in [0.05, 0.1) is 12.4 Å². The van der Waals surface area contributed by atoms with Crippen molar-refractivity contribution in [2.24, 2.45) is 5.41 Å². The standard InChI is InChI=1S/C11H16N2O/c1-11(2)6-9(5-10(14)7-11)13-4-3-12-8-13/h3-5,8,10,14H,6-7H2,1-2H3. The summed E-state index contributed by atoms with van der Waals surface area (Å²) in [5.74, 6) is 0. The van der Waals surface area contributed by atoms with Crippen LogP contribution in [0.25, 0.3) is 5.70 Å². The summed E-state index contributed by atoms with van der Waals surface area (Å²) in [6, 6.07) is 0. The first-order chi connectivity index (χ1) is 6.57. The van der Waals surface area contributed by atoms with Crippen LogP contribution < -0.4 is 0 Å². The largest absolute Gasteiger partial charge is 0.389 e. The summed E-state index contributed by atoms with van der Waals surface area (Å²) < 4.78 is 1.98. The lowest BCUT2D eigenvalue weighted by molar-refractivity contribution is 0.144. The number of aromatic nitrogens is 2. The highest BCUT2D eigenvalue weighted by molar-refractivity contribution is 5.48. The van der Waals surface area contributed by atoms with E-state index in [1.165, 1.54) is 0 Å². The fourth-order valence-electron chi connectivity index (χ4n) is 2.07. The third kappa shape index (κ3) is 1.87. The van der Waals surface area contributed by atoms with Crippen molar-refractivity contribution in [3.8, 4) is 0 Å². The molecular weight excluding hydrogens is 176 g/mol. The predicted molar refractivity (Wildman–Crippen MR) is 55.5 cm³/mol. The van der Waals surface area contributed by atoms with Gasteiger partial charge in [0.1, 0.15) is 0 Å². The van der Waals surface area contributed by atoms with Gasteiger partial charge in [-0.2, -0.15) is 0 Å². The van der Waals surface area contributed by atoms with E-state index in [0.717, 1.165) is 18.5 Å². The molecule has 0 saturated carbocycles. The molecule has 1 aromatic rings. The van der Waals surface area contributed by atoms with E-state index in [1.54, 1.807) is 12.5 Å². The summed E-state index contributed by atoms with van der Waals surface area (Å²) in [6.45, 7) is 4.36. The van der Waals surface area contributed by atoms with Crippen LogP contribution in [-0.4, -0.2) is 20.8 Å². The molecule has 76 valence electrons. The molecule has 1 unspecified atom stereocenters. The van der Waals surface area contributed by atoms with Crippen LogP contribution in [0.3, 0.4) is 0 Å². The van der Waals surface area contributed by atoms with E-state index in [-0.39, 0.29) is 11.5 Å². The van der Waals surface area contributed by atoms with Gasteiger partial charge in [0, 0.05) is 18.1 Å². The summed E-state index contributed by atoms with van der Waals surface area (Å²) in [7, 11) is 0. The first-order valence-electron chi connectivity index (χ1n) is 4.94. The fourth-order valence-corrected chi connectivity index (χ4v) is 2.07. The average Bonchev–Trinajstić information content (AvgIpc) is 2.51. The van der Waals surface area contributed by atoms with Gasteiger partial charge < -0.3 is 9.67 Å². The van der Waals surface area contributed by atoms with Crippen LogP contribution >= 0.6 is 0 Å². The molecular formula is C11H16N2O. The Kier molecular flexibility index (Phi) is 2.19. The number of aliphatic hydroxyl groups excluding tert-OH is 1. The molecule has 1 aromatic heterocycles. The molecule has 2 rings (SSSR count). The van der Waals surface area contributed by atoms with Crippen molar-refractivity contribution in [2.45, 2.75) is 32.8 Å². The second-order valence-electron chi connectivity index (χ2n) is 4.74. The van der Waals surface area contributed by atoms with Crippen LogP contribution in [0.1, 0.15) is 26.7 Å². The number of hydrogen-bond donors (Lipinski definition) is 1. The number of imidazole rings is 1. The van der Waals surface area contributed by atoms with Crippen molar-refractivity contribution in [1.82, 2.24) is 9.55 Å². The molecule has 3 nitrogen and oxygen atoms in total. The van der Waals surface area contributed by atoms with Gasteiger partial charge in [-0.25, -0.2) is 4.98 Å². The van der Waals surface area contributed by atoms with Crippen LogP contribution in [0.2, 0.25) is 0 Å². The van der Waals surface area contributed by atoms with Gasteiger partial charge >= 0.3 is 0 Å². The SMILES string of the molecule is CC1(C)CC(n2ccnc2)=CC(O)C1. The summed E-state index contributed by atoms with van der Waals surface area (Å²) >= 11 is 0. The molecule has 0 saturated heterocycles. The molecule has 0 aromatic carbocycles. The van der Waals surface area contributed by atoms with E-state index in [0.29, 0.717) is 0 Å². The Morgan fingerprint density at radius 2 is 2.36 bits per heavy atom. The normalized spacial score (nSPS) is 25.9. The maximum atomic E-state index is 9.70. The minimum atomic E-state index is -0.323. The predicted octanol–water partition coefficient (Wildman–Crippen LogP) is 1.90. The maximum absolute atomic E-state index is 9.70. The van der Waals surface area contributed by atoms with E-state index < -0.39 is 0 Å². The lowest BCUT2D eigenvalue weighted by Gasteiger charge is -2.32. The van der Waals surface area contributed by atoms with Gasteiger partial charge in [-0.3, -0.25) is 0 Å². The van der Waals surface area contributed by atoms with Gasteiger partial charge in [0.2, 0.25) is 0 Å². The second kappa shape index (κ2) is 3.24. The first-order valence-corrected chi connectivity index (χ1v) is 4.94. The van der Waals surface area contributed by atoms with E-state index in [2.05, 4.69) is 18.8 Å². The van der Waals surface area contributed by atoms with Crippen molar-refractivity contribution in [2.75, 3.05) is 0 Å². The van der Waals surface area contributed by atoms with Crippen LogP contribution in [0.5, 0.6) is 0 Å². The Morgan fingerprint density at radius 1 is 1.57 bits per heavy atom. The molecule has 1 aliphatic carbocycles. The van der Waals surface area contributed by atoms with Gasteiger partial charge in [-0.05, 0) is 24.3 Å². The molecule has 0 radical (unpaired) electrons. The Bertz CT molecular complexity index is 338. The van der Waals surface area contributed by atoms with Crippen molar-refractivity contribution in [3.05, 3.63) is 24.8 Å². The highest BCUT2D eigenvalue weighted by Gasteiger charge is 2.28. The third-order valence-corrected chi connectivity index (χ3v) is 2.64. The van der Waals surface area contributed by atoms with Crippen molar-refractivity contribution in [3.63, 3.8) is 0 Å². The molecule has 0 bridgehead atoms. The summed E-state index contributed by atoms with van der Waals surface area (Å²) in [5, 5.41) is 9.70. The average molecular weight is 192 g/mol. The minimum absolute atomic E-state index is 0.174. The third-order valence-electron chi connectivity index (χ3n) is 2.64. The minimum Gasteiger partial charge on any atom is -0.389 e. The molecule has 0 aliphatic heterocycles. The van der Waals surface area contributed by atoms with Crippen LogP contribution in [-0.2, 0) is 0 Å². The zero-order chi connectivity index (χ0) is 10.2. The molecule has 14 heavy (non-hydrogen) atoms. The van der Waals surface area contributed by atoms with Crippen LogP contribution in [0, 0.1) is 5.41 Å². The summed E-state index contributed by atoms with van der Waals surface area (Å²) in [4.78, 5) is 4.01. The topological polar surface area (TPSA) is 38.0 Å². The lowest BCUT2D eigenvalue weighted by Crippen LogP contribution is -2.25. The van der Waals surface area contributed by atoms with Gasteiger partial charge in [0.15, 0.2) is 0 Å². The number of rotatable bonds is 1. The number of allylic oxidation sites excluding steroid dienone is 1. The number of hydrogen-bond acceptors (Lipinski definition) is 2. The van der Waals surface area contributed by atoms with Gasteiger partial charge in [0.25, 0.3) is 0 Å². The molecule has 1 aliphatic rings. The number of nitrogens with zero attached hydrogens (tertiary/aromatic N) is 2. The smallest absolute Gasteiger partial charge is 0.0989 e. The molecule has 1 N–H and O–H groups in total. The van der Waals surface area contributed by atoms with Crippen molar-refractivity contribution < 1.29 is 5.11 Å². The molecule has 0 spiro atoms. The zero-order valence-electron chi connectivity index (χ0n) is 8.64. The molecule has 1 heterocycles. The van der Waals surface area contributed by atoms with Crippen LogP contribution in [0.4, 0.5) is 0 Å². The van der Waals surface area contributed by atoms with Crippen molar-refractivity contribution >= 4 is 5.70 Å². The maximum Gasteiger partial charge on any atom is 0.0989 e. The number of aliphatic hydroxyl groups is 1. The molecule has 3 heteroatoms. The second-order valence-corrected chi connectivity index (χ2v) is 4.74. The van der Waals surface area contributed by atoms with E-state index in [9.17, 15) is 5.11 Å². The summed E-state index contributed by atoms with van der Waals surface area (Å²) in [5.41, 5.74) is 1.32. The Hall–Kier alpha value is -1.09. The highest BCUT2D eigenvalue weighted by Crippen LogP contribution is 2.36. The monoisotopic (exact) mass is 192 g/mol. The van der Waals surface area contributed by atoms with E-state index in [1.807, 2.05) is 16.8 Å². The van der Waals surface area contributed by atoms with Crippen LogP contribution in [0.15, 0.2) is 24.8 Å². The fraction of sp³-hybridized carbons (Fsp3) is 0.545. The Morgan fingerprint density at radius 3 is 2.93 bits per heavy atom. The molecule has 0 amide bonds. The van der Waals surface area contributed by atoms with Gasteiger partial charge in [-0.1, -0.05) is 13.8 Å². The van der Waals surface area contributed by atoms with E-state index in [4.69, 9.17) is 0 Å². The molecule has 0 fully saturated rings. The van der Waals surface area contributed by atoms with Gasteiger partial charge in [-0.15, -0.1) is 0 Å². The molecule has 1 atom stereocenters. The summed E-state index contributed by atoms with van der Waals surface area (Å²) in [6.07, 6.45) is 8.88. The van der Waals surface area contributed by atoms with E-state index >= 15 is 0 Å². The Balaban J connectivity index is 2.28. The quantitative estimate of drug-likeness (QED) is 0.738. The van der Waals surface area contributed by atoms with Crippen molar-refractivity contribution in [1.29, 1.82) is 0 Å². The highest BCUT2D eigenvalue weighted by atomic mass is 16.3. The zero-order valence-corrected chi connectivity index (χ0v) is 8.64. The lowest BCUT2D eigenvalue weighted by atomic mass is 9.78. The Labute approximate surface area is 84.1 Å².